The molecule has 0 saturated carbocycles. The van der Waals surface area contributed by atoms with Crippen LogP contribution in [-0.2, 0) is 0 Å². The van der Waals surface area contributed by atoms with Crippen molar-refractivity contribution in [3.63, 3.8) is 0 Å². The summed E-state index contributed by atoms with van der Waals surface area (Å²) in [4.78, 5) is 0. The number of aliphatic hydroxyl groups is 2. The zero-order valence-electron chi connectivity index (χ0n) is 6.85. The van der Waals surface area contributed by atoms with Gasteiger partial charge in [-0.15, -0.1) is 0 Å². The van der Waals surface area contributed by atoms with E-state index in [0.717, 1.165) is 0 Å². The van der Waals surface area contributed by atoms with Crippen LogP contribution in [0.25, 0.3) is 0 Å². The average molecular weight is 214 g/mol. The van der Waals surface area contributed by atoms with Crippen LogP contribution in [-0.4, -0.2) is 35.5 Å². The van der Waals surface area contributed by atoms with E-state index in [1.807, 2.05) is 0 Å². The van der Waals surface area contributed by atoms with E-state index in [0.29, 0.717) is 11.6 Å². The highest BCUT2D eigenvalue weighted by Crippen LogP contribution is 2.05. The summed E-state index contributed by atoms with van der Waals surface area (Å²) in [5.74, 6) is 0. The molecule has 0 aliphatic heterocycles. The van der Waals surface area contributed by atoms with E-state index >= 15 is 0 Å². The van der Waals surface area contributed by atoms with Crippen molar-refractivity contribution in [2.24, 2.45) is 0 Å². The highest BCUT2D eigenvalue weighted by atomic mass is 35.5. The van der Waals surface area contributed by atoms with Crippen molar-refractivity contribution in [2.45, 2.75) is 12.5 Å². The molecule has 0 unspecified atom stereocenters. The molecule has 3 nitrogen and oxygen atoms in total. The number of nitrogens with one attached hydrogen (secondary N) is 1. The minimum Gasteiger partial charge on any atom is -0.394 e. The highest BCUT2D eigenvalue weighted by molar-refractivity contribution is 6.36. The van der Waals surface area contributed by atoms with Crippen molar-refractivity contribution in [2.75, 3.05) is 19.8 Å². The first-order valence-corrected chi connectivity index (χ1v) is 4.31. The lowest BCUT2D eigenvalue weighted by Gasteiger charge is -2.25. The number of hydrogen-bond acceptors (Lipinski definition) is 3. The molecule has 0 aromatic heterocycles. The smallest absolute Gasteiger partial charge is 0.0633 e. The van der Waals surface area contributed by atoms with Crippen LogP contribution >= 0.6 is 23.2 Å². The zero-order valence-corrected chi connectivity index (χ0v) is 8.36. The first kappa shape index (κ1) is 12.2. The second-order valence-electron chi connectivity index (χ2n) is 2.79. The van der Waals surface area contributed by atoms with Gasteiger partial charge in [-0.1, -0.05) is 23.2 Å². The second kappa shape index (κ2) is 5.78. The van der Waals surface area contributed by atoms with E-state index in [4.69, 9.17) is 33.4 Å². The molecule has 0 atom stereocenters. The third-order valence-electron chi connectivity index (χ3n) is 1.50. The minimum atomic E-state index is -0.708. The molecule has 0 amide bonds. The molecule has 0 spiro atoms. The van der Waals surface area contributed by atoms with Crippen LogP contribution in [0.15, 0.2) is 10.6 Å². The molecule has 0 rings (SSSR count). The summed E-state index contributed by atoms with van der Waals surface area (Å²) in [6.45, 7) is 1.71. The van der Waals surface area contributed by atoms with Gasteiger partial charge in [0.1, 0.15) is 0 Å². The first-order chi connectivity index (χ1) is 5.58. The van der Waals surface area contributed by atoms with Crippen molar-refractivity contribution in [3.8, 4) is 0 Å². The minimum absolute atomic E-state index is 0.157. The Hall–Kier alpha value is 0.200. The van der Waals surface area contributed by atoms with Gasteiger partial charge in [-0.3, -0.25) is 0 Å². The molecule has 0 radical (unpaired) electrons. The lowest BCUT2D eigenvalue weighted by Crippen LogP contribution is -2.49. The Morgan fingerprint density at radius 2 is 2.00 bits per heavy atom. The van der Waals surface area contributed by atoms with Crippen molar-refractivity contribution in [1.82, 2.24) is 5.32 Å². The second-order valence-corrected chi connectivity index (χ2v) is 3.49. The fraction of sp³-hybridized carbons (Fsp3) is 0.714. The summed E-state index contributed by atoms with van der Waals surface area (Å²) in [6, 6.07) is 0. The molecule has 0 heterocycles. The average Bonchev–Trinajstić information content (AvgIpc) is 2.13. The number of halogens is 2. The SMILES string of the molecule is CC(CO)(CO)NCC(Cl)=CCl. The van der Waals surface area contributed by atoms with Crippen molar-refractivity contribution < 1.29 is 10.2 Å². The van der Waals surface area contributed by atoms with Gasteiger partial charge in [0.05, 0.1) is 18.8 Å². The Labute approximate surface area is 82.0 Å². The topological polar surface area (TPSA) is 52.5 Å². The summed E-state index contributed by atoms with van der Waals surface area (Å²) in [5.41, 5.74) is 0.532. The lowest BCUT2D eigenvalue weighted by atomic mass is 10.1. The van der Waals surface area contributed by atoms with E-state index in [9.17, 15) is 0 Å². The Bertz CT molecular complexity index is 157. The predicted molar refractivity (Wildman–Crippen MR) is 50.4 cm³/mol. The highest BCUT2D eigenvalue weighted by Gasteiger charge is 2.20. The third kappa shape index (κ3) is 4.28. The molecule has 0 aliphatic carbocycles. The number of aliphatic hydroxyl groups excluding tert-OH is 2. The van der Waals surface area contributed by atoms with Gasteiger partial charge in [0.25, 0.3) is 0 Å². The van der Waals surface area contributed by atoms with Gasteiger partial charge in [-0.25, -0.2) is 0 Å². The van der Waals surface area contributed by atoms with E-state index in [2.05, 4.69) is 5.32 Å². The maximum absolute atomic E-state index is 8.85. The Kier molecular flexibility index (Phi) is 5.88. The maximum atomic E-state index is 8.85. The third-order valence-corrected chi connectivity index (χ3v) is 2.12. The molecular weight excluding hydrogens is 201 g/mol. The largest absolute Gasteiger partial charge is 0.394 e. The monoisotopic (exact) mass is 213 g/mol. The summed E-state index contributed by atoms with van der Waals surface area (Å²) in [6.07, 6.45) is 0. The van der Waals surface area contributed by atoms with Crippen LogP contribution in [0.2, 0.25) is 0 Å². The van der Waals surface area contributed by atoms with Gasteiger partial charge in [0, 0.05) is 17.1 Å². The van der Waals surface area contributed by atoms with Gasteiger partial charge in [0.2, 0.25) is 0 Å². The molecule has 0 aromatic rings. The van der Waals surface area contributed by atoms with Crippen molar-refractivity contribution >= 4 is 23.2 Å². The van der Waals surface area contributed by atoms with Crippen molar-refractivity contribution in [3.05, 3.63) is 10.6 Å². The van der Waals surface area contributed by atoms with Gasteiger partial charge in [0.15, 0.2) is 0 Å². The normalized spacial score (nSPS) is 13.6. The summed E-state index contributed by atoms with van der Waals surface area (Å²) < 4.78 is 0. The molecule has 5 heteroatoms. The molecule has 0 aliphatic rings. The quantitative estimate of drug-likeness (QED) is 0.629. The van der Waals surface area contributed by atoms with Crippen LogP contribution in [0.4, 0.5) is 0 Å². The number of hydrogen-bond donors (Lipinski definition) is 3. The van der Waals surface area contributed by atoms with E-state index in [-0.39, 0.29) is 13.2 Å². The maximum Gasteiger partial charge on any atom is 0.0633 e. The molecule has 72 valence electrons. The van der Waals surface area contributed by atoms with Crippen LogP contribution in [0, 0.1) is 0 Å². The zero-order chi connectivity index (χ0) is 9.61. The van der Waals surface area contributed by atoms with Crippen LogP contribution in [0.3, 0.4) is 0 Å². The Morgan fingerprint density at radius 3 is 2.33 bits per heavy atom. The van der Waals surface area contributed by atoms with Crippen molar-refractivity contribution in [1.29, 1.82) is 0 Å². The lowest BCUT2D eigenvalue weighted by molar-refractivity contribution is 0.107. The molecule has 0 saturated heterocycles. The Morgan fingerprint density at radius 1 is 1.50 bits per heavy atom. The fourth-order valence-electron chi connectivity index (χ4n) is 0.498. The molecule has 0 aromatic carbocycles. The van der Waals surface area contributed by atoms with Gasteiger partial charge < -0.3 is 15.5 Å². The first-order valence-electron chi connectivity index (χ1n) is 3.49. The van der Waals surface area contributed by atoms with E-state index in [1.165, 1.54) is 5.54 Å². The van der Waals surface area contributed by atoms with Crippen LogP contribution in [0.5, 0.6) is 0 Å². The molecule has 0 bridgehead atoms. The molecule has 0 fully saturated rings. The summed E-state index contributed by atoms with van der Waals surface area (Å²) in [7, 11) is 0. The fourth-order valence-corrected chi connectivity index (χ4v) is 0.642. The molecule has 3 N–H and O–H groups in total. The van der Waals surface area contributed by atoms with Crippen LogP contribution in [0.1, 0.15) is 6.92 Å². The Balaban J connectivity index is 3.89. The molecule has 12 heavy (non-hydrogen) atoms. The van der Waals surface area contributed by atoms with E-state index < -0.39 is 5.54 Å². The van der Waals surface area contributed by atoms with Crippen LogP contribution < -0.4 is 5.32 Å². The number of rotatable bonds is 5. The van der Waals surface area contributed by atoms with Gasteiger partial charge in [-0.2, -0.15) is 0 Å². The summed E-state index contributed by atoms with van der Waals surface area (Å²) in [5, 5.41) is 21.0. The van der Waals surface area contributed by atoms with E-state index in [1.54, 1.807) is 6.92 Å². The standard InChI is InChI=1S/C7H13Cl2NO2/c1-7(4-11,5-12)10-3-6(9)2-8/h2,10-12H,3-5H2,1H3. The summed E-state index contributed by atoms with van der Waals surface area (Å²) >= 11 is 10.9. The molecular formula is C7H13Cl2NO2. The van der Waals surface area contributed by atoms with Gasteiger partial charge in [-0.05, 0) is 6.92 Å². The van der Waals surface area contributed by atoms with Gasteiger partial charge >= 0.3 is 0 Å². The predicted octanol–water partition coefficient (Wildman–Crippen LogP) is 0.638.